The monoisotopic (exact) mass is 427 g/mol. The van der Waals surface area contributed by atoms with E-state index in [2.05, 4.69) is 40.6 Å². The van der Waals surface area contributed by atoms with E-state index in [9.17, 15) is 4.79 Å². The molecule has 0 saturated carbocycles. The number of aryl methyl sites for hydroxylation is 2. The van der Waals surface area contributed by atoms with Gasteiger partial charge in [0.05, 0.1) is 28.8 Å². The van der Waals surface area contributed by atoms with Gasteiger partial charge in [-0.1, -0.05) is 42.5 Å². The second kappa shape index (κ2) is 7.67. The van der Waals surface area contributed by atoms with E-state index in [-0.39, 0.29) is 5.56 Å². The van der Waals surface area contributed by atoms with Gasteiger partial charge in [-0.3, -0.25) is 4.79 Å². The van der Waals surface area contributed by atoms with Crippen molar-refractivity contribution in [3.63, 3.8) is 0 Å². The first kappa shape index (κ1) is 19.5. The fraction of sp³-hybridized carbons (Fsp3) is 0.167. The molecule has 0 aliphatic rings. The summed E-state index contributed by atoms with van der Waals surface area (Å²) >= 11 is 1.71. The Morgan fingerprint density at radius 2 is 1.71 bits per heavy atom. The molecule has 3 aromatic heterocycles. The molecule has 7 heteroatoms. The molecule has 5 rings (SSSR count). The van der Waals surface area contributed by atoms with Crippen molar-refractivity contribution in [3.05, 3.63) is 88.1 Å². The summed E-state index contributed by atoms with van der Waals surface area (Å²) in [5.74, 6) is 0.670. The molecule has 0 spiro atoms. The lowest BCUT2D eigenvalue weighted by molar-refractivity contribution is 0.635. The van der Waals surface area contributed by atoms with Crippen molar-refractivity contribution in [3.8, 4) is 11.3 Å². The zero-order valence-corrected chi connectivity index (χ0v) is 18.3. The Morgan fingerprint density at radius 3 is 2.42 bits per heavy atom. The number of thioether (sulfide) groups is 1. The normalized spacial score (nSPS) is 11.5. The van der Waals surface area contributed by atoms with E-state index in [1.54, 1.807) is 16.3 Å². The third-order valence-electron chi connectivity index (χ3n) is 5.41. The van der Waals surface area contributed by atoms with Crippen molar-refractivity contribution >= 4 is 28.2 Å². The van der Waals surface area contributed by atoms with Crippen LogP contribution in [0, 0.1) is 13.8 Å². The van der Waals surface area contributed by atoms with Gasteiger partial charge < -0.3 is 0 Å². The minimum Gasteiger partial charge on any atom is -0.265 e. The Bertz CT molecular complexity index is 1470. The van der Waals surface area contributed by atoms with Gasteiger partial charge in [0.1, 0.15) is 11.3 Å². The first-order valence-electron chi connectivity index (χ1n) is 10.0. The van der Waals surface area contributed by atoms with Crippen molar-refractivity contribution in [1.82, 2.24) is 24.4 Å². The molecule has 0 aliphatic heterocycles. The average molecular weight is 428 g/mol. The summed E-state index contributed by atoms with van der Waals surface area (Å²) in [5, 5.41) is 10.1. The Hall–Kier alpha value is -3.45. The predicted molar refractivity (Wildman–Crippen MR) is 125 cm³/mol. The molecule has 154 valence electrons. The first-order chi connectivity index (χ1) is 15.0. The minimum absolute atomic E-state index is 0.192. The molecule has 31 heavy (non-hydrogen) atoms. The summed E-state index contributed by atoms with van der Waals surface area (Å²) in [5.41, 5.74) is 4.73. The summed E-state index contributed by atoms with van der Waals surface area (Å²) in [4.78, 5) is 19.1. The summed E-state index contributed by atoms with van der Waals surface area (Å²) in [6.45, 7) is 4.20. The van der Waals surface area contributed by atoms with Gasteiger partial charge in [0, 0.05) is 10.5 Å². The van der Waals surface area contributed by atoms with Crippen molar-refractivity contribution in [2.75, 3.05) is 6.26 Å². The van der Waals surface area contributed by atoms with Crippen LogP contribution in [0.15, 0.2) is 70.4 Å². The molecular formula is C24H21N5OS. The SMILES string of the molecule is CSc1ccc(-c2cc3c4c(C)nn(Cc5ccccc5)c(=O)c4nc(C)n3n2)cc1. The third kappa shape index (κ3) is 3.41. The molecule has 0 fully saturated rings. The highest BCUT2D eigenvalue weighted by atomic mass is 32.2. The molecule has 0 amide bonds. The van der Waals surface area contributed by atoms with Gasteiger partial charge in [0.2, 0.25) is 0 Å². The molecular weight excluding hydrogens is 406 g/mol. The average Bonchev–Trinajstić information content (AvgIpc) is 3.24. The fourth-order valence-corrected chi connectivity index (χ4v) is 4.28. The van der Waals surface area contributed by atoms with Crippen LogP contribution in [0.4, 0.5) is 0 Å². The maximum absolute atomic E-state index is 13.2. The molecule has 0 unspecified atom stereocenters. The molecule has 6 nitrogen and oxygen atoms in total. The van der Waals surface area contributed by atoms with Gasteiger partial charge in [-0.2, -0.15) is 10.2 Å². The van der Waals surface area contributed by atoms with Crippen LogP contribution >= 0.6 is 11.8 Å². The van der Waals surface area contributed by atoms with Crippen molar-refractivity contribution in [1.29, 1.82) is 0 Å². The first-order valence-corrected chi connectivity index (χ1v) is 11.2. The highest BCUT2D eigenvalue weighted by Crippen LogP contribution is 2.27. The van der Waals surface area contributed by atoms with Gasteiger partial charge in [-0.25, -0.2) is 14.2 Å². The van der Waals surface area contributed by atoms with Crippen LogP contribution in [0.3, 0.4) is 0 Å². The second-order valence-electron chi connectivity index (χ2n) is 7.47. The van der Waals surface area contributed by atoms with Crippen LogP contribution < -0.4 is 5.56 Å². The summed E-state index contributed by atoms with van der Waals surface area (Å²) < 4.78 is 3.30. The lowest BCUT2D eigenvalue weighted by atomic mass is 10.1. The second-order valence-corrected chi connectivity index (χ2v) is 8.35. The quantitative estimate of drug-likeness (QED) is 0.395. The highest BCUT2D eigenvalue weighted by Gasteiger charge is 2.17. The number of fused-ring (bicyclic) bond motifs is 3. The largest absolute Gasteiger partial charge is 0.293 e. The molecule has 5 aromatic rings. The standard InChI is InChI=1S/C24H21N5OS/c1-15-22-21-13-20(18-9-11-19(31-3)12-10-18)27-29(21)16(2)25-23(22)24(30)28(26-15)14-17-7-5-4-6-8-17/h4-13H,14H2,1-3H3. The lowest BCUT2D eigenvalue weighted by Gasteiger charge is -2.10. The van der Waals surface area contributed by atoms with Gasteiger partial charge in [-0.15, -0.1) is 11.8 Å². The Labute approximate surface area is 183 Å². The summed E-state index contributed by atoms with van der Waals surface area (Å²) in [7, 11) is 0. The van der Waals surface area contributed by atoms with Crippen LogP contribution in [-0.2, 0) is 6.54 Å². The number of hydrogen-bond acceptors (Lipinski definition) is 5. The molecule has 2 aromatic carbocycles. The highest BCUT2D eigenvalue weighted by molar-refractivity contribution is 7.98. The van der Waals surface area contributed by atoms with E-state index in [1.807, 2.05) is 50.2 Å². The van der Waals surface area contributed by atoms with Crippen LogP contribution in [0.25, 0.3) is 27.7 Å². The van der Waals surface area contributed by atoms with Crippen LogP contribution in [-0.4, -0.2) is 30.6 Å². The smallest absolute Gasteiger partial charge is 0.265 e. The molecule has 0 radical (unpaired) electrons. The number of nitrogens with zero attached hydrogens (tertiary/aromatic N) is 5. The Kier molecular flexibility index (Phi) is 4.82. The van der Waals surface area contributed by atoms with Crippen LogP contribution in [0.5, 0.6) is 0 Å². The third-order valence-corrected chi connectivity index (χ3v) is 6.16. The van der Waals surface area contributed by atoms with Gasteiger partial charge >= 0.3 is 0 Å². The topological polar surface area (TPSA) is 65.1 Å². The van der Waals surface area contributed by atoms with E-state index in [0.29, 0.717) is 17.9 Å². The van der Waals surface area contributed by atoms with Crippen molar-refractivity contribution < 1.29 is 0 Å². The van der Waals surface area contributed by atoms with Gasteiger partial charge in [0.25, 0.3) is 5.56 Å². The van der Waals surface area contributed by atoms with E-state index >= 15 is 0 Å². The maximum Gasteiger partial charge on any atom is 0.293 e. The Morgan fingerprint density at radius 1 is 0.968 bits per heavy atom. The molecule has 0 aliphatic carbocycles. The van der Waals surface area contributed by atoms with Crippen LogP contribution in [0.1, 0.15) is 17.1 Å². The lowest BCUT2D eigenvalue weighted by Crippen LogP contribution is -2.26. The maximum atomic E-state index is 13.2. The summed E-state index contributed by atoms with van der Waals surface area (Å²) in [6.07, 6.45) is 2.06. The van der Waals surface area contributed by atoms with E-state index in [0.717, 1.165) is 33.4 Å². The molecule has 0 N–H and O–H groups in total. The fourth-order valence-electron chi connectivity index (χ4n) is 3.87. The summed E-state index contributed by atoms with van der Waals surface area (Å²) in [6, 6.07) is 20.2. The van der Waals surface area contributed by atoms with E-state index in [1.165, 1.54) is 9.58 Å². The van der Waals surface area contributed by atoms with Crippen molar-refractivity contribution in [2.45, 2.75) is 25.3 Å². The van der Waals surface area contributed by atoms with Crippen LogP contribution in [0.2, 0.25) is 0 Å². The number of hydrogen-bond donors (Lipinski definition) is 0. The molecule has 0 atom stereocenters. The predicted octanol–water partition coefficient (Wildman–Crippen LogP) is 4.49. The number of aromatic nitrogens is 5. The van der Waals surface area contributed by atoms with E-state index in [4.69, 9.17) is 5.10 Å². The number of benzene rings is 2. The zero-order chi connectivity index (χ0) is 21.5. The number of rotatable bonds is 4. The van der Waals surface area contributed by atoms with E-state index < -0.39 is 0 Å². The molecule has 0 bridgehead atoms. The zero-order valence-electron chi connectivity index (χ0n) is 17.5. The Balaban J connectivity index is 1.69. The van der Waals surface area contributed by atoms with Gasteiger partial charge in [-0.05, 0) is 43.9 Å². The molecule has 0 saturated heterocycles. The molecule has 3 heterocycles. The van der Waals surface area contributed by atoms with Gasteiger partial charge in [0.15, 0.2) is 0 Å². The minimum atomic E-state index is -0.192. The van der Waals surface area contributed by atoms with Crippen molar-refractivity contribution in [2.24, 2.45) is 0 Å².